The maximum Gasteiger partial charge on any atom is 0.127 e. The van der Waals surface area contributed by atoms with E-state index in [-0.39, 0.29) is 17.2 Å². The lowest BCUT2D eigenvalue weighted by atomic mass is 10.2. The molecule has 0 fully saturated rings. The van der Waals surface area contributed by atoms with E-state index in [4.69, 9.17) is 0 Å². The second-order valence-corrected chi connectivity index (χ2v) is 4.71. The fraction of sp³-hybridized carbons (Fsp3) is 0.455. The van der Waals surface area contributed by atoms with Crippen molar-refractivity contribution in [2.24, 2.45) is 0 Å². The van der Waals surface area contributed by atoms with E-state index in [9.17, 15) is 9.50 Å². The van der Waals surface area contributed by atoms with Crippen LogP contribution in [0.15, 0.2) is 24.3 Å². The highest BCUT2D eigenvalue weighted by atomic mass is 32.2. The maximum absolute atomic E-state index is 13.2. The summed E-state index contributed by atoms with van der Waals surface area (Å²) in [5, 5.41) is 9.39. The summed E-state index contributed by atoms with van der Waals surface area (Å²) in [6, 6.07) is 6.74. The largest absolute Gasteiger partial charge is 0.392 e. The average Bonchev–Trinajstić information content (AvgIpc) is 2.16. The van der Waals surface area contributed by atoms with Gasteiger partial charge >= 0.3 is 0 Å². The van der Waals surface area contributed by atoms with E-state index in [1.807, 2.05) is 13.0 Å². The van der Waals surface area contributed by atoms with Gasteiger partial charge in [-0.1, -0.05) is 25.1 Å². The van der Waals surface area contributed by atoms with Crippen LogP contribution in [-0.2, 0) is 5.75 Å². The van der Waals surface area contributed by atoms with Crippen molar-refractivity contribution in [1.82, 2.24) is 0 Å². The van der Waals surface area contributed by atoms with Gasteiger partial charge in [-0.15, -0.1) is 0 Å². The summed E-state index contributed by atoms with van der Waals surface area (Å²) in [5.41, 5.74) is 0.699. The number of benzene rings is 1. The molecule has 0 aliphatic carbocycles. The van der Waals surface area contributed by atoms with Crippen LogP contribution in [0.5, 0.6) is 0 Å². The normalized spacial score (nSPS) is 15.1. The third-order valence-corrected chi connectivity index (χ3v) is 3.54. The molecule has 3 heteroatoms. The zero-order valence-electron chi connectivity index (χ0n) is 8.40. The average molecular weight is 214 g/mol. The van der Waals surface area contributed by atoms with Gasteiger partial charge in [-0.3, -0.25) is 0 Å². The Morgan fingerprint density at radius 3 is 2.57 bits per heavy atom. The van der Waals surface area contributed by atoms with Crippen LogP contribution in [0.3, 0.4) is 0 Å². The summed E-state index contributed by atoms with van der Waals surface area (Å²) < 4.78 is 13.2. The molecule has 0 heterocycles. The van der Waals surface area contributed by atoms with Crippen LogP contribution in [0.1, 0.15) is 19.4 Å². The first-order valence-electron chi connectivity index (χ1n) is 4.64. The highest BCUT2D eigenvalue weighted by Gasteiger charge is 2.10. The monoisotopic (exact) mass is 214 g/mol. The van der Waals surface area contributed by atoms with E-state index in [1.165, 1.54) is 6.07 Å². The van der Waals surface area contributed by atoms with Crippen molar-refractivity contribution < 1.29 is 9.50 Å². The molecule has 0 spiro atoms. The fourth-order valence-electron chi connectivity index (χ4n) is 0.976. The molecule has 0 bridgehead atoms. The molecule has 78 valence electrons. The Morgan fingerprint density at radius 1 is 1.36 bits per heavy atom. The fourth-order valence-corrected chi connectivity index (χ4v) is 1.93. The van der Waals surface area contributed by atoms with Crippen LogP contribution in [0.25, 0.3) is 0 Å². The van der Waals surface area contributed by atoms with Gasteiger partial charge in [-0.05, 0) is 18.6 Å². The lowest BCUT2D eigenvalue weighted by Crippen LogP contribution is -2.15. The van der Waals surface area contributed by atoms with Gasteiger partial charge in [0.25, 0.3) is 0 Å². The summed E-state index contributed by atoms with van der Waals surface area (Å²) in [4.78, 5) is 0. The zero-order chi connectivity index (χ0) is 10.6. The number of halogens is 1. The lowest BCUT2D eigenvalue weighted by molar-refractivity contribution is 0.196. The minimum Gasteiger partial charge on any atom is -0.392 e. The molecule has 1 aromatic carbocycles. The molecule has 0 aliphatic rings. The third kappa shape index (κ3) is 3.31. The molecule has 0 saturated heterocycles. The van der Waals surface area contributed by atoms with Crippen molar-refractivity contribution in [3.63, 3.8) is 0 Å². The van der Waals surface area contributed by atoms with Gasteiger partial charge < -0.3 is 5.11 Å². The number of aliphatic hydroxyl groups is 1. The molecule has 2 atom stereocenters. The molecule has 0 radical (unpaired) electrons. The van der Waals surface area contributed by atoms with Crippen molar-refractivity contribution in [3.8, 4) is 0 Å². The lowest BCUT2D eigenvalue weighted by Gasteiger charge is -2.13. The summed E-state index contributed by atoms with van der Waals surface area (Å²) in [7, 11) is 0. The van der Waals surface area contributed by atoms with Gasteiger partial charge in [0.05, 0.1) is 6.10 Å². The van der Waals surface area contributed by atoms with E-state index < -0.39 is 0 Å². The molecule has 1 aromatic rings. The van der Waals surface area contributed by atoms with Crippen LogP contribution < -0.4 is 0 Å². The number of aliphatic hydroxyl groups excluding tert-OH is 1. The Hall–Kier alpha value is -0.540. The van der Waals surface area contributed by atoms with E-state index >= 15 is 0 Å². The van der Waals surface area contributed by atoms with Gasteiger partial charge in [0.2, 0.25) is 0 Å². The minimum absolute atomic E-state index is 0.134. The van der Waals surface area contributed by atoms with Crippen molar-refractivity contribution in [3.05, 3.63) is 35.6 Å². The molecule has 1 nitrogen and oxygen atoms in total. The first-order chi connectivity index (χ1) is 6.61. The van der Waals surface area contributed by atoms with Crippen LogP contribution in [0, 0.1) is 5.82 Å². The minimum atomic E-state index is -0.355. The maximum atomic E-state index is 13.2. The Kier molecular flexibility index (Phi) is 4.42. The molecular weight excluding hydrogens is 199 g/mol. The quantitative estimate of drug-likeness (QED) is 0.831. The van der Waals surface area contributed by atoms with E-state index in [2.05, 4.69) is 0 Å². The molecule has 1 rings (SSSR count). The predicted octanol–water partition coefficient (Wildman–Crippen LogP) is 2.83. The second kappa shape index (κ2) is 5.37. The van der Waals surface area contributed by atoms with Crippen LogP contribution in [0.4, 0.5) is 4.39 Å². The Bertz CT molecular complexity index is 288. The molecule has 2 unspecified atom stereocenters. The van der Waals surface area contributed by atoms with Crippen molar-refractivity contribution in [2.75, 3.05) is 0 Å². The SMILES string of the molecule is CC(O)C(C)SCc1ccccc1F. The summed E-state index contributed by atoms with van der Waals surface area (Å²) >= 11 is 1.56. The van der Waals surface area contributed by atoms with Gasteiger partial charge in [0, 0.05) is 11.0 Å². The van der Waals surface area contributed by atoms with Crippen LogP contribution in [-0.4, -0.2) is 16.5 Å². The second-order valence-electron chi connectivity index (χ2n) is 3.35. The first kappa shape index (κ1) is 11.5. The number of hydrogen-bond donors (Lipinski definition) is 1. The summed E-state index contributed by atoms with van der Waals surface area (Å²) in [6.45, 7) is 3.69. The van der Waals surface area contributed by atoms with Gasteiger partial charge in [0.15, 0.2) is 0 Å². The van der Waals surface area contributed by atoms with Crippen LogP contribution >= 0.6 is 11.8 Å². The molecule has 0 amide bonds. The van der Waals surface area contributed by atoms with E-state index in [0.29, 0.717) is 11.3 Å². The van der Waals surface area contributed by atoms with Gasteiger partial charge in [-0.2, -0.15) is 11.8 Å². The summed E-state index contributed by atoms with van der Waals surface area (Å²) in [6.07, 6.45) is -0.355. The molecule has 14 heavy (non-hydrogen) atoms. The number of hydrogen-bond acceptors (Lipinski definition) is 2. The third-order valence-electron chi connectivity index (χ3n) is 2.14. The molecule has 1 N–H and O–H groups in total. The summed E-state index contributed by atoms with van der Waals surface area (Å²) in [5.74, 6) is 0.441. The standard InChI is InChI=1S/C11H15FOS/c1-8(13)9(2)14-7-10-5-3-4-6-11(10)12/h3-6,8-9,13H,7H2,1-2H3. The Labute approximate surface area is 88.3 Å². The molecular formula is C11H15FOS. The first-order valence-corrected chi connectivity index (χ1v) is 5.69. The highest BCUT2D eigenvalue weighted by Crippen LogP contribution is 2.21. The Balaban J connectivity index is 2.50. The van der Waals surface area contributed by atoms with Crippen LogP contribution in [0.2, 0.25) is 0 Å². The molecule has 0 saturated carbocycles. The van der Waals surface area contributed by atoms with Gasteiger partial charge in [-0.25, -0.2) is 4.39 Å². The zero-order valence-corrected chi connectivity index (χ0v) is 9.22. The predicted molar refractivity (Wildman–Crippen MR) is 58.8 cm³/mol. The Morgan fingerprint density at radius 2 is 2.00 bits per heavy atom. The van der Waals surface area contributed by atoms with E-state index in [1.54, 1.807) is 30.8 Å². The van der Waals surface area contributed by atoms with Crippen molar-refractivity contribution in [1.29, 1.82) is 0 Å². The number of thioether (sulfide) groups is 1. The topological polar surface area (TPSA) is 20.2 Å². The highest BCUT2D eigenvalue weighted by molar-refractivity contribution is 7.99. The van der Waals surface area contributed by atoms with Crippen molar-refractivity contribution >= 4 is 11.8 Å². The molecule has 0 aromatic heterocycles. The number of rotatable bonds is 4. The van der Waals surface area contributed by atoms with Crippen molar-refractivity contribution in [2.45, 2.75) is 31.0 Å². The van der Waals surface area contributed by atoms with E-state index in [0.717, 1.165) is 0 Å². The van der Waals surface area contributed by atoms with Gasteiger partial charge in [0.1, 0.15) is 5.82 Å². The smallest absolute Gasteiger partial charge is 0.127 e. The molecule has 0 aliphatic heterocycles.